The van der Waals surface area contributed by atoms with Crippen LogP contribution in [0.3, 0.4) is 0 Å². The second kappa shape index (κ2) is 6.99. The van der Waals surface area contributed by atoms with Gasteiger partial charge in [0.2, 0.25) is 0 Å². The number of ether oxygens (including phenoxy) is 1. The molecule has 0 aliphatic rings. The van der Waals surface area contributed by atoms with E-state index in [0.717, 1.165) is 16.2 Å². The number of nitrogens with zero attached hydrogens (tertiary/aromatic N) is 1. The minimum atomic E-state index is 0.506. The van der Waals surface area contributed by atoms with Crippen LogP contribution in [0.15, 0.2) is 47.4 Å². The molecular weight excluding hydrogens is 268 g/mol. The first-order valence-corrected chi connectivity index (χ1v) is 7.39. The molecule has 0 atom stereocenters. The smallest absolute Gasteiger partial charge is 0.146 e. The van der Waals surface area contributed by atoms with Gasteiger partial charge in [0.15, 0.2) is 0 Å². The average molecular weight is 284 g/mol. The zero-order valence-electron chi connectivity index (χ0n) is 11.3. The lowest BCUT2D eigenvalue weighted by Crippen LogP contribution is -1.96. The molecule has 0 radical (unpaired) electrons. The van der Waals surface area contributed by atoms with E-state index in [-0.39, 0.29) is 0 Å². The van der Waals surface area contributed by atoms with Crippen molar-refractivity contribution in [1.82, 2.24) is 0 Å². The van der Waals surface area contributed by atoms with Gasteiger partial charge < -0.3 is 10.5 Å². The minimum Gasteiger partial charge on any atom is -0.456 e. The first-order chi connectivity index (χ1) is 9.78. The second-order valence-corrected chi connectivity index (χ2v) is 5.43. The predicted octanol–water partition coefficient (Wildman–Crippen LogP) is 3.92. The maximum absolute atomic E-state index is 9.33. The van der Waals surface area contributed by atoms with E-state index < -0.39 is 0 Å². The largest absolute Gasteiger partial charge is 0.456 e. The summed E-state index contributed by atoms with van der Waals surface area (Å²) in [6.07, 6.45) is 0. The summed E-state index contributed by atoms with van der Waals surface area (Å²) in [6, 6.07) is 15.5. The number of nitriles is 1. The van der Waals surface area contributed by atoms with Crippen molar-refractivity contribution in [2.75, 3.05) is 5.75 Å². The highest BCUT2D eigenvalue weighted by Gasteiger charge is 2.10. The Morgan fingerprint density at radius 3 is 2.55 bits per heavy atom. The van der Waals surface area contributed by atoms with Crippen molar-refractivity contribution < 1.29 is 4.74 Å². The fraction of sp³-hybridized carbons (Fsp3) is 0.188. The van der Waals surface area contributed by atoms with Crippen molar-refractivity contribution in [2.45, 2.75) is 18.4 Å². The third kappa shape index (κ3) is 3.32. The number of hydrogen-bond acceptors (Lipinski definition) is 4. The molecule has 20 heavy (non-hydrogen) atoms. The normalized spacial score (nSPS) is 10.1. The molecule has 0 aromatic heterocycles. The van der Waals surface area contributed by atoms with Gasteiger partial charge in [0.05, 0.1) is 0 Å². The molecule has 3 nitrogen and oxygen atoms in total. The van der Waals surface area contributed by atoms with Gasteiger partial charge in [-0.15, -0.1) is 11.8 Å². The van der Waals surface area contributed by atoms with E-state index in [9.17, 15) is 5.26 Å². The first kappa shape index (κ1) is 14.4. The molecular formula is C16H16N2OS. The van der Waals surface area contributed by atoms with Crippen LogP contribution in [0.5, 0.6) is 11.5 Å². The van der Waals surface area contributed by atoms with E-state index in [2.05, 4.69) is 13.0 Å². The summed E-state index contributed by atoms with van der Waals surface area (Å²) in [5, 5.41) is 9.33. The van der Waals surface area contributed by atoms with Crippen LogP contribution in [-0.4, -0.2) is 5.75 Å². The SMILES string of the molecule is CCSc1cccc(Oc2ccc(CN)cc2)c1C#N. The van der Waals surface area contributed by atoms with E-state index in [1.165, 1.54) is 0 Å². The molecule has 0 amide bonds. The molecule has 0 heterocycles. The summed E-state index contributed by atoms with van der Waals surface area (Å²) in [4.78, 5) is 0.950. The standard InChI is InChI=1S/C16H16N2OS/c1-2-20-16-5-3-4-15(14(16)11-18)19-13-8-6-12(10-17)7-9-13/h3-9H,2,10,17H2,1H3. The Labute approximate surface area is 123 Å². The molecule has 0 saturated heterocycles. The Morgan fingerprint density at radius 1 is 1.20 bits per heavy atom. The van der Waals surface area contributed by atoms with Crippen LogP contribution in [0, 0.1) is 11.3 Å². The zero-order chi connectivity index (χ0) is 14.4. The number of rotatable bonds is 5. The summed E-state index contributed by atoms with van der Waals surface area (Å²) < 4.78 is 5.81. The average Bonchev–Trinajstić information content (AvgIpc) is 2.49. The van der Waals surface area contributed by atoms with Crippen molar-refractivity contribution >= 4 is 11.8 Å². The van der Waals surface area contributed by atoms with E-state index >= 15 is 0 Å². The lowest BCUT2D eigenvalue weighted by atomic mass is 10.2. The minimum absolute atomic E-state index is 0.506. The van der Waals surface area contributed by atoms with Crippen LogP contribution in [0.4, 0.5) is 0 Å². The van der Waals surface area contributed by atoms with Gasteiger partial charge in [-0.2, -0.15) is 5.26 Å². The topological polar surface area (TPSA) is 59.0 Å². The van der Waals surface area contributed by atoms with Gasteiger partial charge in [-0.1, -0.05) is 25.1 Å². The highest BCUT2D eigenvalue weighted by atomic mass is 32.2. The molecule has 0 bridgehead atoms. The number of nitrogens with two attached hydrogens (primary N) is 1. The molecule has 4 heteroatoms. The Balaban J connectivity index is 2.28. The molecule has 102 valence electrons. The van der Waals surface area contributed by atoms with Gasteiger partial charge in [-0.25, -0.2) is 0 Å². The molecule has 2 aromatic rings. The number of thioether (sulfide) groups is 1. The second-order valence-electron chi connectivity index (χ2n) is 4.12. The molecule has 2 rings (SSSR count). The molecule has 0 saturated carbocycles. The lowest BCUT2D eigenvalue weighted by molar-refractivity contribution is 0.479. The van der Waals surface area contributed by atoms with Crippen LogP contribution < -0.4 is 10.5 Å². The Hall–Kier alpha value is -1.96. The third-order valence-corrected chi connectivity index (χ3v) is 3.73. The van der Waals surface area contributed by atoms with Gasteiger partial charge >= 0.3 is 0 Å². The van der Waals surface area contributed by atoms with Gasteiger partial charge in [0, 0.05) is 11.4 Å². The fourth-order valence-electron chi connectivity index (χ4n) is 1.80. The summed E-state index contributed by atoms with van der Waals surface area (Å²) >= 11 is 1.64. The van der Waals surface area contributed by atoms with Crippen molar-refractivity contribution in [2.24, 2.45) is 5.73 Å². The Kier molecular flexibility index (Phi) is 5.05. The van der Waals surface area contributed by atoms with Crippen molar-refractivity contribution in [3.05, 3.63) is 53.6 Å². The van der Waals surface area contributed by atoms with E-state index in [0.29, 0.717) is 23.6 Å². The van der Waals surface area contributed by atoms with Crippen molar-refractivity contribution in [3.63, 3.8) is 0 Å². The van der Waals surface area contributed by atoms with Gasteiger partial charge in [0.25, 0.3) is 0 Å². The Bertz CT molecular complexity index is 617. The number of hydrogen-bond donors (Lipinski definition) is 1. The van der Waals surface area contributed by atoms with Crippen LogP contribution in [0.2, 0.25) is 0 Å². The maximum Gasteiger partial charge on any atom is 0.146 e. The highest BCUT2D eigenvalue weighted by molar-refractivity contribution is 7.99. The van der Waals surface area contributed by atoms with Crippen LogP contribution in [-0.2, 0) is 6.54 Å². The summed E-state index contributed by atoms with van der Waals surface area (Å²) in [7, 11) is 0. The lowest BCUT2D eigenvalue weighted by Gasteiger charge is -2.10. The van der Waals surface area contributed by atoms with Crippen molar-refractivity contribution in [3.8, 4) is 17.6 Å². The summed E-state index contributed by atoms with van der Waals surface area (Å²) in [5.74, 6) is 2.22. The summed E-state index contributed by atoms with van der Waals surface area (Å²) in [6.45, 7) is 2.57. The molecule has 0 aliphatic carbocycles. The predicted molar refractivity (Wildman–Crippen MR) is 82.0 cm³/mol. The van der Waals surface area contributed by atoms with Crippen molar-refractivity contribution in [1.29, 1.82) is 5.26 Å². The molecule has 0 unspecified atom stereocenters. The molecule has 0 spiro atoms. The first-order valence-electron chi connectivity index (χ1n) is 6.41. The maximum atomic E-state index is 9.33. The highest BCUT2D eigenvalue weighted by Crippen LogP contribution is 2.32. The molecule has 2 N–H and O–H groups in total. The quantitative estimate of drug-likeness (QED) is 0.845. The van der Waals surface area contributed by atoms with Gasteiger partial charge in [-0.3, -0.25) is 0 Å². The Morgan fingerprint density at radius 2 is 1.95 bits per heavy atom. The fourth-order valence-corrected chi connectivity index (χ4v) is 2.58. The van der Waals surface area contributed by atoms with Gasteiger partial charge in [-0.05, 0) is 35.6 Å². The molecule has 0 aliphatic heterocycles. The summed E-state index contributed by atoms with van der Waals surface area (Å²) in [5.41, 5.74) is 7.20. The third-order valence-electron chi connectivity index (χ3n) is 2.79. The van der Waals surface area contributed by atoms with E-state index in [1.54, 1.807) is 11.8 Å². The van der Waals surface area contributed by atoms with Crippen LogP contribution in [0.25, 0.3) is 0 Å². The monoisotopic (exact) mass is 284 g/mol. The molecule has 2 aromatic carbocycles. The van der Waals surface area contributed by atoms with E-state index in [1.807, 2.05) is 42.5 Å². The van der Waals surface area contributed by atoms with Crippen LogP contribution >= 0.6 is 11.8 Å². The molecule has 0 fully saturated rings. The number of benzene rings is 2. The zero-order valence-corrected chi connectivity index (χ0v) is 12.1. The van der Waals surface area contributed by atoms with E-state index in [4.69, 9.17) is 10.5 Å². The van der Waals surface area contributed by atoms with Gasteiger partial charge in [0.1, 0.15) is 23.1 Å². The van der Waals surface area contributed by atoms with Crippen LogP contribution in [0.1, 0.15) is 18.1 Å².